The van der Waals surface area contributed by atoms with Crippen molar-refractivity contribution in [3.8, 4) is 0 Å². The van der Waals surface area contributed by atoms with E-state index in [1.54, 1.807) is 12.5 Å². The summed E-state index contributed by atoms with van der Waals surface area (Å²) in [6, 6.07) is 5.23. The van der Waals surface area contributed by atoms with E-state index in [2.05, 4.69) is 37.0 Å². The van der Waals surface area contributed by atoms with Crippen LogP contribution in [0.1, 0.15) is 42.7 Å². The number of amides is 1. The number of nitrogens with zero attached hydrogens (tertiary/aromatic N) is 3. The van der Waals surface area contributed by atoms with Gasteiger partial charge in [0.2, 0.25) is 0 Å². The summed E-state index contributed by atoms with van der Waals surface area (Å²) in [5, 5.41) is 19.0. The Morgan fingerprint density at radius 1 is 1.18 bits per heavy atom. The zero-order chi connectivity index (χ0) is 20.8. The quantitative estimate of drug-likeness (QED) is 0.686. The summed E-state index contributed by atoms with van der Waals surface area (Å²) in [5.74, 6) is -1.03. The molecule has 1 amide bonds. The van der Waals surface area contributed by atoms with Crippen LogP contribution in [0.5, 0.6) is 0 Å². The Balaban J connectivity index is 2.12. The van der Waals surface area contributed by atoms with Gasteiger partial charge in [0, 0.05) is 31.4 Å². The smallest absolute Gasteiger partial charge is 0.408 e. The molecule has 1 atom stereocenters. The lowest BCUT2D eigenvalue weighted by molar-refractivity contribution is -0.143. The molecule has 0 bridgehead atoms. The van der Waals surface area contributed by atoms with Gasteiger partial charge in [-0.2, -0.15) is 0 Å². The first kappa shape index (κ1) is 21.5. The van der Waals surface area contributed by atoms with Gasteiger partial charge in [-0.1, -0.05) is 32.0 Å². The topological polar surface area (TPSA) is 95.7 Å². The Labute approximate surface area is 165 Å². The molecule has 0 spiro atoms. The van der Waals surface area contributed by atoms with Crippen LogP contribution in [0.15, 0.2) is 30.7 Å². The molecule has 0 aliphatic heterocycles. The fraction of sp³-hybridized carbons (Fsp3) is 0.476. The number of hydrogen-bond donors (Lipinski definition) is 2. The van der Waals surface area contributed by atoms with Gasteiger partial charge in [-0.3, -0.25) is 4.90 Å². The van der Waals surface area contributed by atoms with Crippen molar-refractivity contribution in [3.63, 3.8) is 0 Å². The maximum absolute atomic E-state index is 11.7. The highest BCUT2D eigenvalue weighted by atomic mass is 16.4. The van der Waals surface area contributed by atoms with Crippen LogP contribution in [0.4, 0.5) is 4.79 Å². The van der Waals surface area contributed by atoms with Crippen molar-refractivity contribution in [2.75, 3.05) is 6.54 Å². The third-order valence-electron chi connectivity index (χ3n) is 4.93. The molecule has 0 fully saturated rings. The Morgan fingerprint density at radius 3 is 2.46 bits per heavy atom. The largest absolute Gasteiger partial charge is 0.480 e. The second-order valence-electron chi connectivity index (χ2n) is 7.64. The van der Waals surface area contributed by atoms with Crippen molar-refractivity contribution in [1.29, 1.82) is 0 Å². The number of imidazole rings is 1. The van der Waals surface area contributed by atoms with Gasteiger partial charge in [0.25, 0.3) is 0 Å². The monoisotopic (exact) mass is 387 g/mol. The molecule has 0 saturated carbocycles. The highest BCUT2D eigenvalue weighted by Gasteiger charge is 2.30. The summed E-state index contributed by atoms with van der Waals surface area (Å²) in [5.41, 5.74) is 4.46. The molecule has 1 unspecified atom stereocenters. The molecule has 152 valence electrons. The van der Waals surface area contributed by atoms with E-state index in [-0.39, 0.29) is 18.9 Å². The Morgan fingerprint density at radius 2 is 1.89 bits per heavy atom. The standard InChI is InChI=1S/C21H29N3O4/c1-14(2)9-19(20(25)26)24(21(27)28)8-7-18-11-22-13-23(18)12-17-6-5-15(3)16(4)10-17/h5-6,10-11,13-14,19H,7-9,12H2,1-4H3,(H,25,26)(H,27,28). The first-order valence-corrected chi connectivity index (χ1v) is 9.46. The molecule has 0 radical (unpaired) electrons. The number of hydrogen-bond acceptors (Lipinski definition) is 3. The van der Waals surface area contributed by atoms with Crippen LogP contribution in [0.2, 0.25) is 0 Å². The lowest BCUT2D eigenvalue weighted by Crippen LogP contribution is -2.46. The summed E-state index contributed by atoms with van der Waals surface area (Å²) in [6.45, 7) is 8.65. The molecule has 0 aliphatic carbocycles. The van der Waals surface area contributed by atoms with Gasteiger partial charge < -0.3 is 14.8 Å². The molecule has 1 heterocycles. The molecule has 2 aromatic rings. The number of carbonyl (C=O) groups is 2. The number of carboxylic acids is 1. The van der Waals surface area contributed by atoms with Crippen molar-refractivity contribution < 1.29 is 19.8 Å². The molecule has 0 aliphatic rings. The van der Waals surface area contributed by atoms with Crippen LogP contribution in [0, 0.1) is 19.8 Å². The highest BCUT2D eigenvalue weighted by molar-refractivity contribution is 5.79. The van der Waals surface area contributed by atoms with E-state index in [9.17, 15) is 19.8 Å². The second kappa shape index (κ2) is 9.39. The van der Waals surface area contributed by atoms with Gasteiger partial charge in [-0.25, -0.2) is 14.6 Å². The third-order valence-corrected chi connectivity index (χ3v) is 4.93. The zero-order valence-corrected chi connectivity index (χ0v) is 16.9. The van der Waals surface area contributed by atoms with Gasteiger partial charge in [-0.05, 0) is 42.9 Å². The van der Waals surface area contributed by atoms with E-state index in [1.807, 2.05) is 18.4 Å². The van der Waals surface area contributed by atoms with Crippen LogP contribution in [-0.2, 0) is 17.8 Å². The summed E-state index contributed by atoms with van der Waals surface area (Å²) in [4.78, 5) is 28.5. The van der Waals surface area contributed by atoms with Crippen LogP contribution in [0.25, 0.3) is 0 Å². The zero-order valence-electron chi connectivity index (χ0n) is 16.9. The van der Waals surface area contributed by atoms with E-state index < -0.39 is 18.1 Å². The SMILES string of the molecule is Cc1ccc(Cn2cncc2CCN(C(=O)O)C(CC(C)C)C(=O)O)cc1C. The number of aliphatic carboxylic acids is 1. The van der Waals surface area contributed by atoms with Gasteiger partial charge in [0.15, 0.2) is 0 Å². The van der Waals surface area contributed by atoms with Crippen LogP contribution in [0.3, 0.4) is 0 Å². The number of rotatable bonds is 9. The molecular weight excluding hydrogens is 358 g/mol. The van der Waals surface area contributed by atoms with Crippen LogP contribution >= 0.6 is 0 Å². The molecule has 2 rings (SSSR count). The fourth-order valence-electron chi connectivity index (χ4n) is 3.22. The van der Waals surface area contributed by atoms with E-state index in [0.717, 1.165) is 16.2 Å². The van der Waals surface area contributed by atoms with Crippen LogP contribution in [-0.4, -0.2) is 49.3 Å². The molecule has 2 N–H and O–H groups in total. The normalized spacial score (nSPS) is 12.2. The van der Waals surface area contributed by atoms with Gasteiger partial charge in [0.1, 0.15) is 6.04 Å². The van der Waals surface area contributed by atoms with E-state index in [1.165, 1.54) is 11.1 Å². The number of carboxylic acid groups (broad SMARTS) is 2. The van der Waals surface area contributed by atoms with Gasteiger partial charge in [0.05, 0.1) is 6.33 Å². The average molecular weight is 387 g/mol. The maximum Gasteiger partial charge on any atom is 0.408 e. The van der Waals surface area contributed by atoms with Gasteiger partial charge in [-0.15, -0.1) is 0 Å². The van der Waals surface area contributed by atoms with Crippen molar-refractivity contribution in [1.82, 2.24) is 14.5 Å². The highest BCUT2D eigenvalue weighted by Crippen LogP contribution is 2.16. The first-order valence-electron chi connectivity index (χ1n) is 9.46. The van der Waals surface area contributed by atoms with Crippen molar-refractivity contribution in [2.24, 2.45) is 5.92 Å². The summed E-state index contributed by atoms with van der Waals surface area (Å²) in [7, 11) is 0. The summed E-state index contributed by atoms with van der Waals surface area (Å²) < 4.78 is 1.97. The third kappa shape index (κ3) is 5.58. The minimum absolute atomic E-state index is 0.0817. The van der Waals surface area contributed by atoms with Crippen molar-refractivity contribution in [2.45, 2.75) is 53.1 Å². The minimum Gasteiger partial charge on any atom is -0.480 e. The van der Waals surface area contributed by atoms with Crippen molar-refractivity contribution >= 4 is 12.1 Å². The predicted octanol–water partition coefficient (Wildman–Crippen LogP) is 3.57. The molecule has 1 aromatic heterocycles. The molecule has 0 saturated heterocycles. The average Bonchev–Trinajstić information content (AvgIpc) is 3.03. The molecular formula is C21H29N3O4. The molecule has 28 heavy (non-hydrogen) atoms. The Hall–Kier alpha value is -2.83. The maximum atomic E-state index is 11.7. The summed E-state index contributed by atoms with van der Waals surface area (Å²) >= 11 is 0. The van der Waals surface area contributed by atoms with Gasteiger partial charge >= 0.3 is 12.1 Å². The van der Waals surface area contributed by atoms with Crippen LogP contribution < -0.4 is 0 Å². The Bertz CT molecular complexity index is 829. The predicted molar refractivity (Wildman–Crippen MR) is 107 cm³/mol. The lowest BCUT2D eigenvalue weighted by Gasteiger charge is -2.27. The van der Waals surface area contributed by atoms with E-state index in [4.69, 9.17) is 0 Å². The first-order chi connectivity index (χ1) is 13.2. The second-order valence-corrected chi connectivity index (χ2v) is 7.64. The minimum atomic E-state index is -1.21. The number of benzene rings is 1. The van der Waals surface area contributed by atoms with Crippen molar-refractivity contribution in [3.05, 3.63) is 53.1 Å². The van der Waals surface area contributed by atoms with E-state index >= 15 is 0 Å². The summed E-state index contributed by atoms with van der Waals surface area (Å²) in [6.07, 6.45) is 2.90. The Kier molecular flexibility index (Phi) is 7.20. The number of aryl methyl sites for hydroxylation is 2. The molecule has 1 aromatic carbocycles. The molecule has 7 heteroatoms. The number of aromatic nitrogens is 2. The lowest BCUT2D eigenvalue weighted by atomic mass is 10.0. The van der Waals surface area contributed by atoms with E-state index in [0.29, 0.717) is 13.0 Å². The fourth-order valence-corrected chi connectivity index (χ4v) is 3.22. The molecule has 7 nitrogen and oxygen atoms in total.